The molecule has 13 heavy (non-hydrogen) atoms. The van der Waals surface area contributed by atoms with E-state index in [9.17, 15) is 0 Å². The summed E-state index contributed by atoms with van der Waals surface area (Å²) in [5.41, 5.74) is 0. The fraction of sp³-hybridized carbons (Fsp3) is 0.333. The quantitative estimate of drug-likeness (QED) is 0.410. The summed E-state index contributed by atoms with van der Waals surface area (Å²) in [7, 11) is 0. The van der Waals surface area contributed by atoms with Crippen molar-refractivity contribution >= 4 is 72.9 Å². The third-order valence-electron chi connectivity index (χ3n) is 0. The van der Waals surface area contributed by atoms with Crippen LogP contribution in [0.2, 0.25) is 0 Å². The van der Waals surface area contributed by atoms with Crippen LogP contribution in [0.15, 0.2) is 0 Å². The molecule has 0 amide bonds. The molecule has 0 rings (SSSR count). The number of aliphatic carboxylic acids is 1. The number of hydrogen-bond acceptors (Lipinski definition) is 5. The van der Waals surface area contributed by atoms with E-state index in [1.54, 1.807) is 0 Å². The van der Waals surface area contributed by atoms with Crippen molar-refractivity contribution in [2.45, 2.75) is 6.92 Å². The van der Waals surface area contributed by atoms with Crippen molar-refractivity contribution in [1.29, 1.82) is 0 Å². The molecule has 0 aromatic carbocycles. The van der Waals surface area contributed by atoms with Crippen LogP contribution >= 0.6 is 0 Å². The molecule has 0 saturated heterocycles. The normalized spacial score (nSPS) is 3.77. The molecule has 0 saturated carbocycles. The summed E-state index contributed by atoms with van der Waals surface area (Å²) in [6.07, 6.45) is -2.33. The van der Waals surface area contributed by atoms with Crippen LogP contribution in [0, 0.1) is 0 Å². The largest absolute Gasteiger partial charge is 2.00 e. The van der Waals surface area contributed by atoms with Crippen LogP contribution in [0.1, 0.15) is 6.92 Å². The maximum atomic E-state index is 8.89. The van der Waals surface area contributed by atoms with Gasteiger partial charge in [0.05, 0.1) is 0 Å². The first-order chi connectivity index (χ1) is 3.46. The summed E-state index contributed by atoms with van der Waals surface area (Å²) in [5.74, 6) is -1.08. The maximum absolute atomic E-state index is 8.89. The van der Waals surface area contributed by atoms with Crippen LogP contribution < -0.4 is 109 Å². The molecule has 0 unspecified atom stereocenters. The van der Waals surface area contributed by atoms with Gasteiger partial charge in [-0.1, -0.05) is 0 Å². The summed E-state index contributed by atoms with van der Waals surface area (Å²) in [5, 5.41) is 25.6. The molecule has 0 bridgehead atoms. The van der Waals surface area contributed by atoms with Crippen LogP contribution in [-0.2, 0) is 4.79 Å². The van der Waals surface area contributed by atoms with Crippen molar-refractivity contribution in [3.05, 3.63) is 0 Å². The summed E-state index contributed by atoms with van der Waals surface area (Å²) >= 11 is 0. The van der Waals surface area contributed by atoms with Crippen LogP contribution in [0.3, 0.4) is 0 Å². The van der Waals surface area contributed by atoms with Gasteiger partial charge in [-0.3, -0.25) is 0 Å². The zero-order valence-corrected chi connectivity index (χ0v) is 17.3. The standard InChI is InChI=1S/C2H4O2.CH2O3.Ca.ClH.K.Mg.Na/c1-2(3)4;2-1(3)4;;;;;/h1H3,(H,3,4);(H2,2,3,4);;1H;;;/q;;+2;;+1;+2;+1/p-4. The van der Waals surface area contributed by atoms with E-state index < -0.39 is 12.1 Å². The van der Waals surface area contributed by atoms with E-state index >= 15 is 0 Å². The van der Waals surface area contributed by atoms with Crippen molar-refractivity contribution in [1.82, 2.24) is 0 Å². The van der Waals surface area contributed by atoms with E-state index in [0.717, 1.165) is 6.92 Å². The fourth-order valence-electron chi connectivity index (χ4n) is 0. The second-order valence-electron chi connectivity index (χ2n) is 0.742. The molecule has 0 heterocycles. The Bertz CT molecular complexity index is 89.8. The van der Waals surface area contributed by atoms with Gasteiger partial charge in [-0.25, -0.2) is 0 Å². The van der Waals surface area contributed by atoms with Gasteiger partial charge in [-0.05, 0) is 13.1 Å². The molecule has 0 aromatic heterocycles. The molecule has 0 fully saturated rings. The second-order valence-corrected chi connectivity index (χ2v) is 0.742. The number of carbonyl (C=O) groups is 2. The van der Waals surface area contributed by atoms with Gasteiger partial charge in [0, 0.05) is 5.97 Å². The average Bonchev–Trinajstić information content (AvgIpc) is 1.25. The van der Waals surface area contributed by atoms with Gasteiger partial charge in [-0.15, -0.1) is 0 Å². The van der Waals surface area contributed by atoms with Crippen LogP contribution in [-0.4, -0.2) is 72.9 Å². The van der Waals surface area contributed by atoms with Crippen LogP contribution in [0.4, 0.5) is 4.79 Å². The second kappa shape index (κ2) is 36.1. The molecule has 0 atom stereocenters. The average molecular weight is 281 g/mol. The molecule has 5 nitrogen and oxygen atoms in total. The number of halogens is 1. The SMILES string of the molecule is CC(=O)[O-].O=C([O-])[O-].[Ca+2].[Cl-].[K+].[Mg+2].[Na+]. The van der Waals surface area contributed by atoms with Gasteiger partial charge < -0.3 is 37.3 Å². The van der Waals surface area contributed by atoms with Crippen molar-refractivity contribution in [2.24, 2.45) is 0 Å². The Hall–Kier alpha value is 3.69. The minimum atomic E-state index is -2.33. The molecule has 0 aliphatic heterocycles. The van der Waals surface area contributed by atoms with Gasteiger partial charge >= 0.3 is 142 Å². The summed E-state index contributed by atoms with van der Waals surface area (Å²) in [6.45, 7) is 0.972. The van der Waals surface area contributed by atoms with Gasteiger partial charge in [0.25, 0.3) is 0 Å². The van der Waals surface area contributed by atoms with Crippen molar-refractivity contribution < 1.29 is 118 Å². The summed E-state index contributed by atoms with van der Waals surface area (Å²) < 4.78 is 0. The molecule has 0 spiro atoms. The van der Waals surface area contributed by atoms with Crippen molar-refractivity contribution in [3.8, 4) is 0 Å². The molecule has 10 heteroatoms. The van der Waals surface area contributed by atoms with Gasteiger partial charge in [0.15, 0.2) is 0 Å². The number of rotatable bonds is 0. The predicted molar refractivity (Wildman–Crippen MR) is 27.6 cm³/mol. The number of carboxylic acid groups (broad SMARTS) is 3. The number of hydrogen-bond donors (Lipinski definition) is 0. The molecule has 0 radical (unpaired) electrons. The minimum Gasteiger partial charge on any atom is -1.00 e. The predicted octanol–water partition coefficient (Wildman–Crippen LogP) is -13.4. The molecule has 0 aromatic rings. The monoisotopic (exact) mass is 280 g/mol. The molecular weight excluding hydrogens is 278 g/mol. The first-order valence-corrected chi connectivity index (χ1v) is 1.52. The van der Waals surface area contributed by atoms with Crippen LogP contribution in [0.5, 0.6) is 0 Å². The number of carboxylic acids is 1. The fourth-order valence-corrected chi connectivity index (χ4v) is 0. The smallest absolute Gasteiger partial charge is 1.00 e. The van der Waals surface area contributed by atoms with E-state index in [1.807, 2.05) is 0 Å². The first-order valence-electron chi connectivity index (χ1n) is 1.52. The van der Waals surface area contributed by atoms with Gasteiger partial charge in [0.2, 0.25) is 0 Å². The number of carbonyl (C=O) groups excluding carboxylic acids is 2. The summed E-state index contributed by atoms with van der Waals surface area (Å²) in [4.78, 5) is 17.2. The zero-order chi connectivity index (χ0) is 7.15. The minimum absolute atomic E-state index is 0. The molecule has 0 aliphatic carbocycles. The Kier molecular flexibility index (Phi) is 121. The van der Waals surface area contributed by atoms with E-state index in [2.05, 4.69) is 0 Å². The van der Waals surface area contributed by atoms with E-state index in [-0.39, 0.29) is 154 Å². The first kappa shape index (κ1) is 43.8. The Labute approximate surface area is 193 Å². The summed E-state index contributed by atoms with van der Waals surface area (Å²) in [6, 6.07) is 0. The Morgan fingerprint density at radius 1 is 1.08 bits per heavy atom. The molecule has 56 valence electrons. The van der Waals surface area contributed by atoms with Gasteiger partial charge in [0.1, 0.15) is 0 Å². The Morgan fingerprint density at radius 2 is 1.08 bits per heavy atom. The van der Waals surface area contributed by atoms with E-state index in [0.29, 0.717) is 0 Å². The molecule has 0 aliphatic rings. The molecular formula is C3H3CaClKMgNaO5+2. The van der Waals surface area contributed by atoms with Gasteiger partial charge in [-0.2, -0.15) is 0 Å². The Balaban J connectivity index is -0.00000000800. The topological polar surface area (TPSA) is 103 Å². The third-order valence-corrected chi connectivity index (χ3v) is 0. The van der Waals surface area contributed by atoms with E-state index in [1.165, 1.54) is 0 Å². The van der Waals surface area contributed by atoms with Crippen molar-refractivity contribution in [3.63, 3.8) is 0 Å². The third kappa shape index (κ3) is 216. The van der Waals surface area contributed by atoms with Crippen LogP contribution in [0.25, 0.3) is 0 Å². The van der Waals surface area contributed by atoms with E-state index in [4.69, 9.17) is 24.9 Å². The Morgan fingerprint density at radius 3 is 1.08 bits per heavy atom. The maximum Gasteiger partial charge on any atom is 2.00 e. The zero-order valence-electron chi connectivity index (χ0n) is 7.83. The van der Waals surface area contributed by atoms with Crippen molar-refractivity contribution in [2.75, 3.05) is 0 Å². The molecule has 0 N–H and O–H groups in total.